The van der Waals surface area contributed by atoms with Gasteiger partial charge in [0.2, 0.25) is 5.91 Å². The van der Waals surface area contributed by atoms with E-state index in [9.17, 15) is 9.90 Å². The third kappa shape index (κ3) is 4.54. The van der Waals surface area contributed by atoms with Gasteiger partial charge in [-0.05, 0) is 31.2 Å². The summed E-state index contributed by atoms with van der Waals surface area (Å²) in [6.45, 7) is 4.88. The number of hydrogen-bond acceptors (Lipinski definition) is 6. The van der Waals surface area contributed by atoms with Crippen LogP contribution in [0.2, 0.25) is 0 Å². The molecule has 8 heteroatoms. The van der Waals surface area contributed by atoms with E-state index in [4.69, 9.17) is 0 Å². The first-order chi connectivity index (χ1) is 14.1. The number of thioether (sulfide) groups is 1. The molecule has 1 aliphatic rings. The van der Waals surface area contributed by atoms with Gasteiger partial charge in [-0.1, -0.05) is 35.5 Å². The van der Waals surface area contributed by atoms with Gasteiger partial charge < -0.3 is 14.9 Å². The highest BCUT2D eigenvalue weighted by molar-refractivity contribution is 7.99. The van der Waals surface area contributed by atoms with E-state index in [0.29, 0.717) is 24.0 Å². The van der Waals surface area contributed by atoms with Gasteiger partial charge in [-0.15, -0.1) is 10.2 Å². The van der Waals surface area contributed by atoms with Gasteiger partial charge in [0, 0.05) is 43.6 Å². The van der Waals surface area contributed by atoms with Crippen LogP contribution in [0.5, 0.6) is 5.75 Å². The van der Waals surface area contributed by atoms with E-state index in [2.05, 4.69) is 15.1 Å². The van der Waals surface area contributed by atoms with Gasteiger partial charge in [0.05, 0.1) is 5.75 Å². The molecule has 0 saturated carbocycles. The summed E-state index contributed by atoms with van der Waals surface area (Å²) >= 11 is 1.41. The SMILES string of the molecule is Cc1ccc(-n2cnnc2SCC(=O)N2CCN(c3cccc(O)c3)CC2)cc1. The summed E-state index contributed by atoms with van der Waals surface area (Å²) in [5.41, 5.74) is 3.16. The summed E-state index contributed by atoms with van der Waals surface area (Å²) in [6.07, 6.45) is 1.67. The molecule has 7 nitrogen and oxygen atoms in total. The maximum Gasteiger partial charge on any atom is 0.233 e. The minimum absolute atomic E-state index is 0.101. The van der Waals surface area contributed by atoms with Crippen LogP contribution in [0.1, 0.15) is 5.56 Å². The molecular weight excluding hydrogens is 386 g/mol. The molecule has 3 aromatic rings. The normalized spacial score (nSPS) is 14.2. The summed E-state index contributed by atoms with van der Waals surface area (Å²) in [5.74, 6) is 0.690. The van der Waals surface area contributed by atoms with Crippen LogP contribution in [-0.4, -0.2) is 62.6 Å². The maximum atomic E-state index is 12.7. The molecule has 150 valence electrons. The van der Waals surface area contributed by atoms with Crippen LogP contribution in [0.25, 0.3) is 5.69 Å². The van der Waals surface area contributed by atoms with Crippen LogP contribution < -0.4 is 4.90 Å². The molecule has 4 rings (SSSR count). The van der Waals surface area contributed by atoms with E-state index < -0.39 is 0 Å². The minimum Gasteiger partial charge on any atom is -0.508 e. The van der Waals surface area contributed by atoms with Gasteiger partial charge in [-0.2, -0.15) is 0 Å². The molecule has 0 radical (unpaired) electrons. The average Bonchev–Trinajstić information content (AvgIpc) is 3.21. The molecule has 2 heterocycles. The van der Waals surface area contributed by atoms with Crippen molar-refractivity contribution in [3.8, 4) is 11.4 Å². The summed E-state index contributed by atoms with van der Waals surface area (Å²) in [6, 6.07) is 15.4. The van der Waals surface area contributed by atoms with Crippen molar-refractivity contribution in [1.82, 2.24) is 19.7 Å². The summed E-state index contributed by atoms with van der Waals surface area (Å²) < 4.78 is 1.90. The second kappa shape index (κ2) is 8.57. The highest BCUT2D eigenvalue weighted by Crippen LogP contribution is 2.23. The highest BCUT2D eigenvalue weighted by Gasteiger charge is 2.22. The Kier molecular flexibility index (Phi) is 5.71. The zero-order valence-corrected chi connectivity index (χ0v) is 17.0. The maximum absolute atomic E-state index is 12.7. The van der Waals surface area contributed by atoms with Crippen molar-refractivity contribution in [2.75, 3.05) is 36.8 Å². The van der Waals surface area contributed by atoms with Crippen LogP contribution in [0, 0.1) is 6.92 Å². The van der Waals surface area contributed by atoms with Crippen LogP contribution in [0.4, 0.5) is 5.69 Å². The predicted molar refractivity (Wildman–Crippen MR) is 114 cm³/mol. The number of phenols is 1. The summed E-state index contributed by atoms with van der Waals surface area (Å²) in [5, 5.41) is 18.5. The predicted octanol–water partition coefficient (Wildman–Crippen LogP) is 2.72. The molecule has 0 bridgehead atoms. The molecule has 0 atom stereocenters. The third-order valence-electron chi connectivity index (χ3n) is 4.98. The third-order valence-corrected chi connectivity index (χ3v) is 5.91. The number of carbonyl (C=O) groups is 1. The Morgan fingerprint density at radius 3 is 2.55 bits per heavy atom. The van der Waals surface area contributed by atoms with Crippen molar-refractivity contribution >= 4 is 23.4 Å². The smallest absolute Gasteiger partial charge is 0.233 e. The second-order valence-corrected chi connectivity index (χ2v) is 7.94. The Balaban J connectivity index is 1.32. The number of hydrogen-bond donors (Lipinski definition) is 1. The Labute approximate surface area is 174 Å². The van der Waals surface area contributed by atoms with Crippen LogP contribution in [0.15, 0.2) is 60.0 Å². The van der Waals surface area contributed by atoms with Crippen molar-refractivity contribution in [1.29, 1.82) is 0 Å². The van der Waals surface area contributed by atoms with E-state index in [-0.39, 0.29) is 11.7 Å². The second-order valence-electron chi connectivity index (χ2n) is 7.00. The number of rotatable bonds is 5. The number of carbonyl (C=O) groups excluding carboxylic acids is 1. The lowest BCUT2D eigenvalue weighted by Crippen LogP contribution is -2.49. The molecule has 0 unspecified atom stereocenters. The van der Waals surface area contributed by atoms with E-state index >= 15 is 0 Å². The number of nitrogens with zero attached hydrogens (tertiary/aromatic N) is 5. The molecule has 1 saturated heterocycles. The molecule has 1 N–H and O–H groups in total. The molecule has 0 spiro atoms. The van der Waals surface area contributed by atoms with Crippen LogP contribution in [0.3, 0.4) is 0 Å². The van der Waals surface area contributed by atoms with Gasteiger partial charge in [0.15, 0.2) is 5.16 Å². The van der Waals surface area contributed by atoms with Gasteiger partial charge in [-0.25, -0.2) is 0 Å². The van der Waals surface area contributed by atoms with Crippen molar-refractivity contribution < 1.29 is 9.90 Å². The Hall–Kier alpha value is -3.00. The molecule has 1 aliphatic heterocycles. The first-order valence-electron chi connectivity index (χ1n) is 9.52. The monoisotopic (exact) mass is 409 g/mol. The molecule has 1 fully saturated rings. The number of phenolic OH excluding ortho intramolecular Hbond substituents is 1. The van der Waals surface area contributed by atoms with E-state index in [1.54, 1.807) is 18.5 Å². The number of piperazine rings is 1. The average molecular weight is 410 g/mol. The number of benzene rings is 2. The highest BCUT2D eigenvalue weighted by atomic mass is 32.2. The number of aromatic hydroxyl groups is 1. The van der Waals surface area contributed by atoms with Gasteiger partial charge >= 0.3 is 0 Å². The molecule has 2 aromatic carbocycles. The zero-order chi connectivity index (χ0) is 20.2. The number of aryl methyl sites for hydroxylation is 1. The van der Waals surface area contributed by atoms with Crippen LogP contribution >= 0.6 is 11.8 Å². The molecule has 0 aliphatic carbocycles. The fraction of sp³-hybridized carbons (Fsp3) is 0.286. The lowest BCUT2D eigenvalue weighted by Gasteiger charge is -2.36. The fourth-order valence-electron chi connectivity index (χ4n) is 3.33. The van der Waals surface area contributed by atoms with E-state index in [1.807, 2.05) is 52.8 Å². The molecule has 1 aromatic heterocycles. The van der Waals surface area contributed by atoms with Gasteiger partial charge in [0.25, 0.3) is 0 Å². The number of aromatic nitrogens is 3. The van der Waals surface area contributed by atoms with Crippen molar-refractivity contribution in [2.24, 2.45) is 0 Å². The van der Waals surface area contributed by atoms with Crippen LogP contribution in [-0.2, 0) is 4.79 Å². The first kappa shape index (κ1) is 19.3. The van der Waals surface area contributed by atoms with Gasteiger partial charge in [0.1, 0.15) is 12.1 Å². The van der Waals surface area contributed by atoms with Crippen molar-refractivity contribution in [3.63, 3.8) is 0 Å². The lowest BCUT2D eigenvalue weighted by atomic mass is 10.2. The Morgan fingerprint density at radius 1 is 1.07 bits per heavy atom. The minimum atomic E-state index is 0.101. The number of amides is 1. The topological polar surface area (TPSA) is 74.5 Å². The Morgan fingerprint density at radius 2 is 1.83 bits per heavy atom. The lowest BCUT2D eigenvalue weighted by molar-refractivity contribution is -0.128. The Bertz CT molecular complexity index is 981. The fourth-order valence-corrected chi connectivity index (χ4v) is 4.16. The van der Waals surface area contributed by atoms with E-state index in [0.717, 1.165) is 24.5 Å². The summed E-state index contributed by atoms with van der Waals surface area (Å²) in [7, 11) is 0. The largest absolute Gasteiger partial charge is 0.508 e. The number of anilines is 1. The van der Waals surface area contributed by atoms with Crippen molar-refractivity contribution in [3.05, 3.63) is 60.4 Å². The first-order valence-corrected chi connectivity index (χ1v) is 10.5. The zero-order valence-electron chi connectivity index (χ0n) is 16.2. The van der Waals surface area contributed by atoms with Crippen molar-refractivity contribution in [2.45, 2.75) is 12.1 Å². The molecular formula is C21H23N5O2S. The summed E-state index contributed by atoms with van der Waals surface area (Å²) in [4.78, 5) is 16.7. The standard InChI is InChI=1S/C21H23N5O2S/c1-16-5-7-17(8-6-16)26-15-22-23-21(26)29-14-20(28)25-11-9-24(10-12-25)18-3-2-4-19(27)13-18/h2-8,13,15,27H,9-12,14H2,1H3. The molecule has 1 amide bonds. The van der Waals surface area contributed by atoms with Gasteiger partial charge in [-0.3, -0.25) is 9.36 Å². The quantitative estimate of drug-likeness (QED) is 0.653. The molecule has 29 heavy (non-hydrogen) atoms. The van der Waals surface area contributed by atoms with E-state index in [1.165, 1.54) is 17.3 Å².